The lowest BCUT2D eigenvalue weighted by atomic mass is 10.0. The number of nitrogens with one attached hydrogen (secondary N) is 2. The van der Waals surface area contributed by atoms with Crippen molar-refractivity contribution in [3.05, 3.63) is 28.4 Å². The molecule has 0 aliphatic carbocycles. The number of likely N-dealkylation sites (tertiary alicyclic amines) is 1. The van der Waals surface area contributed by atoms with E-state index in [4.69, 9.17) is 0 Å². The Morgan fingerprint density at radius 2 is 2.30 bits per heavy atom. The maximum absolute atomic E-state index is 11.6. The molecule has 0 unspecified atom stereocenters. The summed E-state index contributed by atoms with van der Waals surface area (Å²) in [6, 6.07) is 0. The van der Waals surface area contributed by atoms with Gasteiger partial charge in [0, 0.05) is 31.4 Å². The summed E-state index contributed by atoms with van der Waals surface area (Å²) < 4.78 is 0. The zero-order valence-electron chi connectivity index (χ0n) is 11.6. The molecule has 1 aliphatic rings. The van der Waals surface area contributed by atoms with E-state index in [1.54, 1.807) is 0 Å². The highest BCUT2D eigenvalue weighted by molar-refractivity contribution is 5.77. The molecule has 6 nitrogen and oxygen atoms in total. The fraction of sp³-hybridized carbons (Fsp3) is 0.571. The highest BCUT2D eigenvalue weighted by Crippen LogP contribution is 2.24. The molecule has 0 bridgehead atoms. The van der Waals surface area contributed by atoms with Crippen LogP contribution in [0.5, 0.6) is 0 Å². The molecule has 0 radical (unpaired) electrons. The second-order valence-electron chi connectivity index (χ2n) is 5.58. The zero-order valence-corrected chi connectivity index (χ0v) is 11.6. The molecule has 0 spiro atoms. The maximum Gasteiger partial charge on any atom is 0.275 e. The first-order valence-corrected chi connectivity index (χ1v) is 7.13. The third kappa shape index (κ3) is 2.36. The van der Waals surface area contributed by atoms with E-state index in [0.717, 1.165) is 30.5 Å². The first-order valence-electron chi connectivity index (χ1n) is 7.13. The third-order valence-electron chi connectivity index (χ3n) is 4.08. The number of nitrogens with zero attached hydrogens (tertiary/aromatic N) is 2. The van der Waals surface area contributed by atoms with Gasteiger partial charge in [0.1, 0.15) is 5.52 Å². The van der Waals surface area contributed by atoms with Gasteiger partial charge in [0.15, 0.2) is 0 Å². The molecule has 1 aliphatic heterocycles. The molecule has 2 aromatic heterocycles. The van der Waals surface area contributed by atoms with Crippen LogP contribution in [0.15, 0.2) is 17.3 Å². The van der Waals surface area contributed by atoms with Crippen molar-refractivity contribution in [2.75, 3.05) is 13.1 Å². The highest BCUT2D eigenvalue weighted by Gasteiger charge is 2.30. The molecule has 3 rings (SSSR count). The van der Waals surface area contributed by atoms with Gasteiger partial charge in [-0.15, -0.1) is 0 Å². The van der Waals surface area contributed by atoms with E-state index in [1.807, 2.05) is 6.20 Å². The minimum absolute atomic E-state index is 0.147. The number of rotatable bonds is 4. The van der Waals surface area contributed by atoms with Crippen molar-refractivity contribution in [1.82, 2.24) is 19.9 Å². The van der Waals surface area contributed by atoms with Crippen molar-refractivity contribution in [1.29, 1.82) is 0 Å². The second-order valence-corrected chi connectivity index (χ2v) is 5.58. The highest BCUT2D eigenvalue weighted by atomic mass is 16.3. The quantitative estimate of drug-likeness (QED) is 0.772. The van der Waals surface area contributed by atoms with Gasteiger partial charge in [-0.1, -0.05) is 13.3 Å². The van der Waals surface area contributed by atoms with Crippen LogP contribution in [0.2, 0.25) is 0 Å². The molecule has 20 heavy (non-hydrogen) atoms. The Morgan fingerprint density at radius 3 is 3.10 bits per heavy atom. The molecule has 0 amide bonds. The molecule has 0 aromatic carbocycles. The number of H-pyrrole nitrogens is 2. The Kier molecular flexibility index (Phi) is 3.58. The number of fused-ring (bicyclic) bond motifs is 1. The molecule has 2 aromatic rings. The second kappa shape index (κ2) is 5.38. The Labute approximate surface area is 116 Å². The number of aromatic nitrogens is 3. The first kappa shape index (κ1) is 13.3. The maximum atomic E-state index is 11.6. The van der Waals surface area contributed by atoms with E-state index in [1.165, 1.54) is 6.33 Å². The average Bonchev–Trinajstić information content (AvgIpc) is 2.97. The minimum atomic E-state index is -0.239. The van der Waals surface area contributed by atoms with E-state index in [0.29, 0.717) is 24.5 Å². The Hall–Kier alpha value is -1.66. The molecule has 1 saturated heterocycles. The van der Waals surface area contributed by atoms with Gasteiger partial charge in [-0.25, -0.2) is 4.98 Å². The van der Waals surface area contributed by atoms with Gasteiger partial charge in [0.2, 0.25) is 0 Å². The monoisotopic (exact) mass is 276 g/mol. The number of aromatic amines is 2. The predicted molar refractivity (Wildman–Crippen MR) is 76.4 cm³/mol. The van der Waals surface area contributed by atoms with Gasteiger partial charge in [-0.3, -0.25) is 9.69 Å². The molecular weight excluding hydrogens is 256 g/mol. The van der Waals surface area contributed by atoms with Crippen LogP contribution in [0.4, 0.5) is 0 Å². The number of aliphatic hydroxyl groups excluding tert-OH is 1. The summed E-state index contributed by atoms with van der Waals surface area (Å²) in [6.45, 7) is 4.46. The summed E-state index contributed by atoms with van der Waals surface area (Å²) in [6.07, 6.45) is 5.19. The summed E-state index contributed by atoms with van der Waals surface area (Å²) in [5, 5.41) is 10.1. The molecular formula is C14H20N4O2. The van der Waals surface area contributed by atoms with Crippen molar-refractivity contribution in [3.8, 4) is 0 Å². The Morgan fingerprint density at radius 1 is 1.45 bits per heavy atom. The van der Waals surface area contributed by atoms with Crippen LogP contribution in [0.1, 0.15) is 25.3 Å². The average molecular weight is 276 g/mol. The molecule has 2 atom stereocenters. The number of aliphatic hydroxyl groups is 1. The third-order valence-corrected chi connectivity index (χ3v) is 4.08. The van der Waals surface area contributed by atoms with Crippen LogP contribution in [-0.4, -0.2) is 44.2 Å². The van der Waals surface area contributed by atoms with Crippen LogP contribution in [-0.2, 0) is 6.54 Å². The predicted octanol–water partition coefficient (Wildman–Crippen LogP) is 0.844. The van der Waals surface area contributed by atoms with E-state index in [-0.39, 0.29) is 11.7 Å². The SMILES string of the molecule is CCC[C@@H]1CN(Cc2c[nH]c3c(=O)[nH]cnc23)C[C@H]1O. The van der Waals surface area contributed by atoms with Gasteiger partial charge < -0.3 is 15.1 Å². The topological polar surface area (TPSA) is 85.0 Å². The lowest BCUT2D eigenvalue weighted by Crippen LogP contribution is -2.21. The lowest BCUT2D eigenvalue weighted by molar-refractivity contribution is 0.137. The van der Waals surface area contributed by atoms with Gasteiger partial charge in [-0.2, -0.15) is 0 Å². The number of hydrogen-bond acceptors (Lipinski definition) is 4. The molecule has 1 fully saturated rings. The summed E-state index contributed by atoms with van der Waals surface area (Å²) in [5.41, 5.74) is 2.11. The van der Waals surface area contributed by atoms with Crippen molar-refractivity contribution in [3.63, 3.8) is 0 Å². The molecule has 3 N–H and O–H groups in total. The van der Waals surface area contributed by atoms with Crippen molar-refractivity contribution < 1.29 is 5.11 Å². The van der Waals surface area contributed by atoms with E-state index >= 15 is 0 Å². The van der Waals surface area contributed by atoms with Crippen molar-refractivity contribution in [2.45, 2.75) is 32.4 Å². The summed E-state index contributed by atoms with van der Waals surface area (Å²) in [7, 11) is 0. The van der Waals surface area contributed by atoms with Crippen LogP contribution in [0.25, 0.3) is 11.0 Å². The van der Waals surface area contributed by atoms with E-state index in [2.05, 4.69) is 26.8 Å². The fourth-order valence-corrected chi connectivity index (χ4v) is 3.09. The largest absolute Gasteiger partial charge is 0.391 e. The minimum Gasteiger partial charge on any atom is -0.391 e. The normalized spacial score (nSPS) is 23.7. The van der Waals surface area contributed by atoms with Crippen LogP contribution in [0, 0.1) is 5.92 Å². The fourth-order valence-electron chi connectivity index (χ4n) is 3.09. The number of hydrogen-bond donors (Lipinski definition) is 3. The standard InChI is InChI=1S/C14H20N4O2/c1-2-3-9-5-18(7-11(9)19)6-10-4-15-13-12(10)16-8-17-14(13)20/h4,8-9,11,15,19H,2-3,5-7H2,1H3,(H,16,17,20)/t9-,11-/m1/s1. The smallest absolute Gasteiger partial charge is 0.275 e. The van der Waals surface area contributed by atoms with E-state index < -0.39 is 0 Å². The zero-order chi connectivity index (χ0) is 14.1. The summed E-state index contributed by atoms with van der Waals surface area (Å²) in [4.78, 5) is 23.7. The Balaban J connectivity index is 1.78. The van der Waals surface area contributed by atoms with Crippen LogP contribution in [0.3, 0.4) is 0 Å². The van der Waals surface area contributed by atoms with Gasteiger partial charge in [0.25, 0.3) is 5.56 Å². The van der Waals surface area contributed by atoms with E-state index in [9.17, 15) is 9.90 Å². The summed E-state index contributed by atoms with van der Waals surface area (Å²) in [5.74, 6) is 0.363. The van der Waals surface area contributed by atoms with Crippen molar-refractivity contribution in [2.24, 2.45) is 5.92 Å². The number of β-amino-alcohol motifs (C(OH)–C–C–N with tert-alkyl or cyclic N) is 1. The lowest BCUT2D eigenvalue weighted by Gasteiger charge is -2.14. The summed E-state index contributed by atoms with van der Waals surface area (Å²) >= 11 is 0. The van der Waals surface area contributed by atoms with Gasteiger partial charge in [0.05, 0.1) is 17.9 Å². The van der Waals surface area contributed by atoms with Gasteiger partial charge >= 0.3 is 0 Å². The molecule has 108 valence electrons. The first-order chi connectivity index (χ1) is 9.69. The molecule has 6 heteroatoms. The molecule has 0 saturated carbocycles. The van der Waals surface area contributed by atoms with Crippen LogP contribution < -0.4 is 5.56 Å². The van der Waals surface area contributed by atoms with Crippen LogP contribution >= 0.6 is 0 Å². The Bertz CT molecular complexity index is 648. The molecule has 3 heterocycles. The van der Waals surface area contributed by atoms with Gasteiger partial charge in [-0.05, 0) is 12.3 Å². The van der Waals surface area contributed by atoms with Crippen molar-refractivity contribution >= 4 is 11.0 Å².